The molecule has 0 aromatic carbocycles. The van der Waals surface area contributed by atoms with Crippen LogP contribution in [0.15, 0.2) is 29.8 Å². The van der Waals surface area contributed by atoms with Gasteiger partial charge in [-0.25, -0.2) is 9.67 Å². The van der Waals surface area contributed by atoms with Crippen molar-refractivity contribution in [1.82, 2.24) is 9.78 Å². The van der Waals surface area contributed by atoms with Crippen molar-refractivity contribution >= 4 is 46.1 Å². The van der Waals surface area contributed by atoms with Gasteiger partial charge < -0.3 is 0 Å². The number of rotatable bonds is 3. The Labute approximate surface area is 105 Å². The van der Waals surface area contributed by atoms with E-state index in [0.717, 1.165) is 3.57 Å². The van der Waals surface area contributed by atoms with Crippen LogP contribution in [0.5, 0.6) is 0 Å². The van der Waals surface area contributed by atoms with Crippen LogP contribution in [-0.4, -0.2) is 16.0 Å². The van der Waals surface area contributed by atoms with Crippen molar-refractivity contribution in [2.45, 2.75) is 6.92 Å². The molecule has 80 valence electrons. The molecule has 1 aromatic heterocycles. The molecular formula is C9H8ClFIN3. The minimum absolute atomic E-state index is 0.472. The van der Waals surface area contributed by atoms with Crippen LogP contribution in [0.4, 0.5) is 4.39 Å². The summed E-state index contributed by atoms with van der Waals surface area (Å²) in [5, 5.41) is 4.50. The molecule has 0 saturated carbocycles. The van der Waals surface area contributed by atoms with E-state index < -0.39 is 5.95 Å². The molecule has 1 rings (SSSR count). The Balaban J connectivity index is 3.05. The van der Waals surface area contributed by atoms with Gasteiger partial charge in [0.05, 0.1) is 21.7 Å². The van der Waals surface area contributed by atoms with E-state index in [4.69, 9.17) is 11.6 Å². The second-order valence-electron chi connectivity index (χ2n) is 2.54. The predicted molar refractivity (Wildman–Crippen MR) is 68.6 cm³/mol. The number of nitrogens with zero attached hydrogens (tertiary/aromatic N) is 3. The first-order valence-corrected chi connectivity index (χ1v) is 5.46. The maximum atomic E-state index is 12.3. The van der Waals surface area contributed by atoms with Gasteiger partial charge in [0.15, 0.2) is 0 Å². The Bertz CT molecular complexity index is 437. The lowest BCUT2D eigenvalue weighted by molar-refractivity contribution is 0.634. The van der Waals surface area contributed by atoms with E-state index in [9.17, 15) is 4.39 Å². The Morgan fingerprint density at radius 1 is 1.80 bits per heavy atom. The summed E-state index contributed by atoms with van der Waals surface area (Å²) in [4.78, 5) is 3.45. The highest BCUT2D eigenvalue weighted by Crippen LogP contribution is 2.20. The van der Waals surface area contributed by atoms with Crippen molar-refractivity contribution in [3.8, 4) is 0 Å². The van der Waals surface area contributed by atoms with Crippen molar-refractivity contribution in [2.24, 2.45) is 4.99 Å². The first-order chi connectivity index (χ1) is 7.06. The maximum absolute atomic E-state index is 12.3. The molecule has 15 heavy (non-hydrogen) atoms. The Morgan fingerprint density at radius 2 is 2.47 bits per heavy atom. The summed E-state index contributed by atoms with van der Waals surface area (Å²) in [5.41, 5.74) is 0.585. The molecule has 0 N–H and O–H groups in total. The molecule has 0 atom stereocenters. The largest absolute Gasteiger partial charge is 0.227 e. The molecule has 0 amide bonds. The summed E-state index contributed by atoms with van der Waals surface area (Å²) in [6.07, 6.45) is 4.66. The van der Waals surface area contributed by atoms with Crippen molar-refractivity contribution in [3.05, 3.63) is 33.5 Å². The Morgan fingerprint density at radius 3 is 2.87 bits per heavy atom. The fourth-order valence-corrected chi connectivity index (χ4v) is 1.42. The van der Waals surface area contributed by atoms with E-state index in [-0.39, 0.29) is 0 Å². The molecule has 0 fully saturated rings. The lowest BCUT2D eigenvalue weighted by Gasteiger charge is -2.01. The van der Waals surface area contributed by atoms with E-state index in [0.29, 0.717) is 10.9 Å². The van der Waals surface area contributed by atoms with E-state index in [1.54, 1.807) is 19.2 Å². The van der Waals surface area contributed by atoms with E-state index >= 15 is 0 Å². The molecule has 0 bridgehead atoms. The third-order valence-corrected chi connectivity index (χ3v) is 3.02. The third kappa shape index (κ3) is 3.13. The topological polar surface area (TPSA) is 30.2 Å². The molecule has 3 nitrogen and oxygen atoms in total. The van der Waals surface area contributed by atoms with Crippen LogP contribution in [0.1, 0.15) is 6.92 Å². The van der Waals surface area contributed by atoms with E-state index in [1.165, 1.54) is 10.9 Å². The van der Waals surface area contributed by atoms with Crippen LogP contribution in [0, 0.1) is 3.57 Å². The molecular weight excluding hydrogens is 331 g/mol. The number of allylic oxidation sites excluding steroid dienone is 2. The molecule has 0 unspecified atom stereocenters. The first-order valence-electron chi connectivity index (χ1n) is 4.00. The maximum Gasteiger partial charge on any atom is 0.205 e. The van der Waals surface area contributed by atoms with Gasteiger partial charge in [0, 0.05) is 0 Å². The highest BCUT2D eigenvalue weighted by atomic mass is 127. The Hall–Kier alpha value is -0.690. The van der Waals surface area contributed by atoms with Gasteiger partial charge in [0.25, 0.3) is 0 Å². The molecule has 1 aromatic rings. The zero-order chi connectivity index (χ0) is 11.4. The minimum Gasteiger partial charge on any atom is -0.227 e. The van der Waals surface area contributed by atoms with Crippen LogP contribution >= 0.6 is 34.2 Å². The molecule has 0 aliphatic rings. The molecule has 0 spiro atoms. The van der Waals surface area contributed by atoms with Gasteiger partial charge in [-0.2, -0.15) is 9.49 Å². The number of hydrogen-bond donors (Lipinski definition) is 0. The van der Waals surface area contributed by atoms with Crippen LogP contribution in [0.2, 0.25) is 5.15 Å². The summed E-state index contributed by atoms with van der Waals surface area (Å²) >= 11 is 8.03. The van der Waals surface area contributed by atoms with Crippen LogP contribution < -0.4 is 0 Å². The first kappa shape index (κ1) is 12.4. The van der Waals surface area contributed by atoms with Gasteiger partial charge in [-0.15, -0.1) is 0 Å². The van der Waals surface area contributed by atoms with Gasteiger partial charge in [0.2, 0.25) is 5.95 Å². The molecule has 6 heteroatoms. The summed E-state index contributed by atoms with van der Waals surface area (Å²) in [6.45, 7) is 4.81. The number of aromatic nitrogens is 2. The normalized spacial score (nSPS) is 12.4. The highest BCUT2D eigenvalue weighted by molar-refractivity contribution is 14.1. The summed E-state index contributed by atoms with van der Waals surface area (Å²) in [7, 11) is 0. The van der Waals surface area contributed by atoms with Gasteiger partial charge in [-0.3, -0.25) is 0 Å². The quantitative estimate of drug-likeness (QED) is 0.471. The standard InChI is InChI=1S/C9H8ClFIN3/c1-3-7(4-13-6(2)11)15-9(10)8(12)5-14-15/h3-5H,2H2,1H3/b7-3+,13-4?. The third-order valence-electron chi connectivity index (χ3n) is 1.55. The average molecular weight is 340 g/mol. The molecule has 0 saturated heterocycles. The number of hydrogen-bond acceptors (Lipinski definition) is 2. The monoisotopic (exact) mass is 339 g/mol. The number of aliphatic imine (C=N–C) groups is 1. The SMILES string of the molecule is C=C(F)N=C/C(=C\C)n1ncc(I)c1Cl. The summed E-state index contributed by atoms with van der Waals surface area (Å²) in [5.74, 6) is -0.757. The van der Waals surface area contributed by atoms with Crippen molar-refractivity contribution in [2.75, 3.05) is 0 Å². The molecule has 0 aliphatic heterocycles. The van der Waals surface area contributed by atoms with E-state index in [1.807, 2.05) is 0 Å². The smallest absolute Gasteiger partial charge is 0.205 e. The molecule has 1 heterocycles. The van der Waals surface area contributed by atoms with Gasteiger partial charge in [-0.1, -0.05) is 17.7 Å². The van der Waals surface area contributed by atoms with Gasteiger partial charge >= 0.3 is 0 Å². The van der Waals surface area contributed by atoms with Crippen molar-refractivity contribution in [3.63, 3.8) is 0 Å². The van der Waals surface area contributed by atoms with Crippen LogP contribution in [0.3, 0.4) is 0 Å². The predicted octanol–water partition coefficient (Wildman–Crippen LogP) is 3.51. The second-order valence-corrected chi connectivity index (χ2v) is 4.06. The highest BCUT2D eigenvalue weighted by Gasteiger charge is 2.07. The summed E-state index contributed by atoms with van der Waals surface area (Å²) < 4.78 is 14.6. The zero-order valence-corrected chi connectivity index (χ0v) is 10.8. The fraction of sp³-hybridized carbons (Fsp3) is 0.111. The Kier molecular flexibility index (Phi) is 4.46. The van der Waals surface area contributed by atoms with Gasteiger partial charge in [0.1, 0.15) is 5.15 Å². The van der Waals surface area contributed by atoms with Crippen LogP contribution in [0.25, 0.3) is 5.70 Å². The summed E-state index contributed by atoms with van der Waals surface area (Å²) in [6, 6.07) is 0. The van der Waals surface area contributed by atoms with E-state index in [2.05, 4.69) is 39.3 Å². The fourth-order valence-electron chi connectivity index (χ4n) is 0.881. The lowest BCUT2D eigenvalue weighted by Crippen LogP contribution is -2.00. The zero-order valence-electron chi connectivity index (χ0n) is 7.91. The van der Waals surface area contributed by atoms with Crippen LogP contribution in [-0.2, 0) is 0 Å². The van der Waals surface area contributed by atoms with Crippen molar-refractivity contribution < 1.29 is 4.39 Å². The second kappa shape index (κ2) is 5.41. The minimum atomic E-state index is -0.757. The van der Waals surface area contributed by atoms with Crippen molar-refractivity contribution in [1.29, 1.82) is 0 Å². The average Bonchev–Trinajstić information content (AvgIpc) is 2.50. The number of halogens is 3. The molecule has 0 aliphatic carbocycles. The van der Waals surface area contributed by atoms with Gasteiger partial charge in [-0.05, 0) is 36.1 Å². The molecule has 0 radical (unpaired) electrons. The lowest BCUT2D eigenvalue weighted by atomic mass is 10.4.